The van der Waals surface area contributed by atoms with Crippen molar-refractivity contribution in [1.29, 1.82) is 0 Å². The topological polar surface area (TPSA) is 68.3 Å². The van der Waals surface area contributed by atoms with Crippen LogP contribution in [0.5, 0.6) is 5.75 Å². The maximum Gasteiger partial charge on any atom is 0.456 e. The molecule has 0 fully saturated rings. The fourth-order valence-corrected chi connectivity index (χ4v) is 4.00. The van der Waals surface area contributed by atoms with E-state index in [1.165, 1.54) is 0 Å². The zero-order valence-corrected chi connectivity index (χ0v) is 18.5. The molecule has 31 heavy (non-hydrogen) atoms. The molecule has 1 aromatic carbocycles. The Balaban J connectivity index is 2.15. The quantitative estimate of drug-likeness (QED) is 0.500. The molecule has 1 aromatic heterocycles. The van der Waals surface area contributed by atoms with E-state index >= 15 is 0 Å². The highest BCUT2D eigenvalue weighted by atomic mass is 35.5. The van der Waals surface area contributed by atoms with Crippen molar-refractivity contribution < 1.29 is 26.9 Å². The van der Waals surface area contributed by atoms with E-state index in [4.69, 9.17) is 16.3 Å². The molecule has 1 aliphatic heterocycles. The summed E-state index contributed by atoms with van der Waals surface area (Å²) in [6.45, 7) is 5.15. The second-order valence-corrected chi connectivity index (χ2v) is 10.3. The lowest BCUT2D eigenvalue weighted by atomic mass is 9.91. The standard InChI is InChI=1S/C21H20ClF3N2O3S/c1-19(2,3)31(29)27-20(10-9-13-7-5-4-6-8-13)12-30-16-14(20)11-15(26-18(16)22)17(28)21(23,24)25/h4-11,27H,12H2,1-3H3/b10-9+. The van der Waals surface area contributed by atoms with Gasteiger partial charge in [0, 0.05) is 5.56 Å². The number of alkyl halides is 3. The third-order valence-electron chi connectivity index (χ3n) is 4.54. The molecule has 2 aromatic rings. The van der Waals surface area contributed by atoms with Crippen LogP contribution in [0, 0.1) is 0 Å². The zero-order valence-electron chi connectivity index (χ0n) is 16.9. The SMILES string of the molecule is CC(C)(C)S(=O)NC1(/C=C/c2ccccc2)COc2c1cc(C(=O)C(F)(F)F)nc2Cl. The monoisotopic (exact) mass is 472 g/mol. The molecule has 2 unspecified atom stereocenters. The predicted molar refractivity (Wildman–Crippen MR) is 113 cm³/mol. The number of nitrogens with one attached hydrogen (secondary N) is 1. The summed E-state index contributed by atoms with van der Waals surface area (Å²) >= 11 is 6.06. The minimum Gasteiger partial charge on any atom is -0.487 e. The molecule has 0 saturated heterocycles. The highest BCUT2D eigenvalue weighted by Gasteiger charge is 2.46. The van der Waals surface area contributed by atoms with Crippen LogP contribution in [-0.4, -0.2) is 32.5 Å². The molecule has 0 saturated carbocycles. The van der Waals surface area contributed by atoms with Crippen LogP contribution in [0.3, 0.4) is 0 Å². The Bertz CT molecular complexity index is 1050. The van der Waals surface area contributed by atoms with Gasteiger partial charge in [-0.05, 0) is 32.4 Å². The molecule has 3 rings (SSSR count). The van der Waals surface area contributed by atoms with E-state index in [0.717, 1.165) is 11.6 Å². The van der Waals surface area contributed by atoms with E-state index in [-0.39, 0.29) is 23.1 Å². The first-order chi connectivity index (χ1) is 14.3. The molecule has 1 aliphatic rings. The molecule has 166 valence electrons. The third kappa shape index (κ3) is 4.99. The molecule has 5 nitrogen and oxygen atoms in total. The number of carbonyl (C=O) groups excluding carboxylic acids is 1. The van der Waals surface area contributed by atoms with Crippen LogP contribution >= 0.6 is 11.6 Å². The number of pyridine rings is 1. The van der Waals surface area contributed by atoms with Gasteiger partial charge >= 0.3 is 6.18 Å². The van der Waals surface area contributed by atoms with Gasteiger partial charge in [-0.25, -0.2) is 13.9 Å². The first-order valence-corrected chi connectivity index (χ1v) is 10.8. The Morgan fingerprint density at radius 2 is 1.90 bits per heavy atom. The number of ether oxygens (including phenoxy) is 1. The van der Waals surface area contributed by atoms with Crippen LogP contribution < -0.4 is 9.46 Å². The van der Waals surface area contributed by atoms with Gasteiger partial charge in [0.15, 0.2) is 10.9 Å². The molecule has 2 atom stereocenters. The van der Waals surface area contributed by atoms with E-state index in [1.54, 1.807) is 32.9 Å². The molecule has 2 heterocycles. The number of halogens is 4. The number of aromatic nitrogens is 1. The lowest BCUT2D eigenvalue weighted by Crippen LogP contribution is -2.48. The zero-order chi connectivity index (χ0) is 23.0. The highest BCUT2D eigenvalue weighted by Crippen LogP contribution is 2.44. The summed E-state index contributed by atoms with van der Waals surface area (Å²) in [6, 6.07) is 10.2. The van der Waals surface area contributed by atoms with Gasteiger partial charge in [0.05, 0.1) is 15.7 Å². The summed E-state index contributed by atoms with van der Waals surface area (Å²) in [5.74, 6) is -2.08. The molecule has 0 aliphatic carbocycles. The minimum atomic E-state index is -5.12. The molecule has 0 radical (unpaired) electrons. The maximum atomic E-state index is 13.0. The average molecular weight is 473 g/mol. The smallest absolute Gasteiger partial charge is 0.456 e. The number of carbonyl (C=O) groups is 1. The summed E-state index contributed by atoms with van der Waals surface area (Å²) in [4.78, 5) is 15.4. The molecule has 1 N–H and O–H groups in total. The Labute approximate surface area is 185 Å². The number of ketones is 1. The van der Waals surface area contributed by atoms with Crippen molar-refractivity contribution in [3.63, 3.8) is 0 Å². The van der Waals surface area contributed by atoms with Crippen LogP contribution in [0.4, 0.5) is 13.2 Å². The Hall–Kier alpha value is -2.23. The van der Waals surface area contributed by atoms with Crippen LogP contribution in [0.15, 0.2) is 42.5 Å². The van der Waals surface area contributed by atoms with Crippen LogP contribution in [0.1, 0.15) is 42.4 Å². The van der Waals surface area contributed by atoms with Crippen molar-refractivity contribution in [2.24, 2.45) is 0 Å². The van der Waals surface area contributed by atoms with E-state index in [1.807, 2.05) is 30.3 Å². The van der Waals surface area contributed by atoms with Crippen molar-refractivity contribution >= 4 is 34.4 Å². The second kappa shape index (κ2) is 8.37. The number of nitrogens with zero attached hydrogens (tertiary/aromatic N) is 1. The lowest BCUT2D eigenvalue weighted by molar-refractivity contribution is -0.0888. The van der Waals surface area contributed by atoms with Crippen LogP contribution in [0.25, 0.3) is 6.08 Å². The van der Waals surface area contributed by atoms with Gasteiger partial charge in [-0.3, -0.25) is 4.79 Å². The fourth-order valence-electron chi connectivity index (χ4n) is 2.87. The first kappa shape index (κ1) is 23.4. The summed E-state index contributed by atoms with van der Waals surface area (Å²) < 4.78 is 59.9. The lowest BCUT2D eigenvalue weighted by Gasteiger charge is -2.30. The Kier molecular flexibility index (Phi) is 6.32. The van der Waals surface area contributed by atoms with Crippen molar-refractivity contribution in [3.8, 4) is 5.75 Å². The van der Waals surface area contributed by atoms with E-state index in [2.05, 4.69) is 9.71 Å². The molecule has 0 spiro atoms. The number of hydrogen-bond acceptors (Lipinski definition) is 4. The van der Waals surface area contributed by atoms with E-state index < -0.39 is 38.9 Å². The molecular weight excluding hydrogens is 453 g/mol. The number of fused-ring (bicyclic) bond motifs is 1. The van der Waals surface area contributed by atoms with Crippen molar-refractivity contribution in [1.82, 2.24) is 9.71 Å². The van der Waals surface area contributed by atoms with Gasteiger partial charge in [0.25, 0.3) is 5.78 Å². The van der Waals surface area contributed by atoms with Crippen molar-refractivity contribution in [2.75, 3.05) is 6.61 Å². The molecular formula is C21H20ClF3N2O3S. The predicted octanol–water partition coefficient (Wildman–Crippen LogP) is 4.83. The number of hydrogen-bond donors (Lipinski definition) is 1. The number of benzene rings is 1. The van der Waals surface area contributed by atoms with Crippen LogP contribution in [-0.2, 0) is 16.5 Å². The molecule has 10 heteroatoms. The van der Waals surface area contributed by atoms with Crippen molar-refractivity contribution in [2.45, 2.75) is 37.2 Å². The van der Waals surface area contributed by atoms with Crippen LogP contribution in [0.2, 0.25) is 5.15 Å². The summed E-state index contributed by atoms with van der Waals surface area (Å²) in [5, 5.41) is -0.372. The van der Waals surface area contributed by atoms with Gasteiger partial charge in [-0.1, -0.05) is 54.1 Å². The van der Waals surface area contributed by atoms with Crippen molar-refractivity contribution in [3.05, 3.63) is 64.4 Å². The largest absolute Gasteiger partial charge is 0.487 e. The molecule has 0 bridgehead atoms. The average Bonchev–Trinajstić information content (AvgIpc) is 3.04. The summed E-state index contributed by atoms with van der Waals surface area (Å²) in [6.07, 6.45) is -1.74. The third-order valence-corrected chi connectivity index (χ3v) is 6.46. The Morgan fingerprint density at radius 1 is 1.26 bits per heavy atom. The van der Waals surface area contributed by atoms with Gasteiger partial charge in [0.2, 0.25) is 0 Å². The summed E-state index contributed by atoms with van der Waals surface area (Å²) in [7, 11) is -1.62. The fraction of sp³-hybridized carbons (Fsp3) is 0.333. The van der Waals surface area contributed by atoms with E-state index in [0.29, 0.717) is 0 Å². The first-order valence-electron chi connectivity index (χ1n) is 9.23. The van der Waals surface area contributed by atoms with E-state index in [9.17, 15) is 22.2 Å². The van der Waals surface area contributed by atoms with Gasteiger partial charge in [0.1, 0.15) is 17.8 Å². The maximum absolute atomic E-state index is 13.0. The number of rotatable bonds is 5. The normalized spacial score (nSPS) is 19.8. The molecule has 0 amide bonds. The minimum absolute atomic E-state index is 0.0384. The summed E-state index contributed by atoms with van der Waals surface area (Å²) in [5.41, 5.74) is -1.19. The highest BCUT2D eigenvalue weighted by molar-refractivity contribution is 7.84. The Morgan fingerprint density at radius 3 is 2.48 bits per heavy atom. The second-order valence-electron chi connectivity index (χ2n) is 7.99. The van der Waals surface area contributed by atoms with Gasteiger partial charge in [-0.2, -0.15) is 13.2 Å². The van der Waals surface area contributed by atoms with Gasteiger partial charge in [-0.15, -0.1) is 0 Å². The van der Waals surface area contributed by atoms with Gasteiger partial charge < -0.3 is 4.74 Å². The number of Topliss-reactive ketones (excluding diaryl/α,β-unsaturated/α-hetero) is 1.